The van der Waals surface area contributed by atoms with Crippen LogP contribution in [0.15, 0.2) is 47.2 Å². The molecule has 1 aromatic heterocycles. The maximum Gasteiger partial charge on any atom is 0.227 e. The fourth-order valence-corrected chi connectivity index (χ4v) is 3.11. The van der Waals surface area contributed by atoms with E-state index < -0.39 is 0 Å². The molecule has 1 heterocycles. The van der Waals surface area contributed by atoms with Crippen molar-refractivity contribution in [3.8, 4) is 0 Å². The number of aromatic nitrogens is 2. The molecule has 2 aromatic rings. The Hall–Kier alpha value is -2.69. The van der Waals surface area contributed by atoms with E-state index in [2.05, 4.69) is 29.1 Å². The zero-order valence-corrected chi connectivity index (χ0v) is 14.6. The highest BCUT2D eigenvalue weighted by Gasteiger charge is 2.34. The van der Waals surface area contributed by atoms with Crippen LogP contribution in [0.2, 0.25) is 0 Å². The molecule has 0 saturated carbocycles. The third-order valence-corrected chi connectivity index (χ3v) is 4.44. The maximum atomic E-state index is 6.37. The lowest BCUT2D eigenvalue weighted by Crippen LogP contribution is -2.30. The van der Waals surface area contributed by atoms with E-state index in [9.17, 15) is 0 Å². The molecule has 0 spiro atoms. The standard InChI is InChI=1S/C19H23N5/c1-12(21-4)16-15(20)10-19(2,3)14-11-22-18(24-17(14)16)23-13-8-6-5-7-9-13/h5-9,11H,10,20H2,1-4H3,(H,22,23,24). The highest BCUT2D eigenvalue weighted by molar-refractivity contribution is 6.23. The maximum absolute atomic E-state index is 6.37. The number of nitrogens with one attached hydrogen (secondary N) is 1. The molecule has 124 valence electrons. The van der Waals surface area contributed by atoms with Crippen molar-refractivity contribution in [2.45, 2.75) is 32.6 Å². The van der Waals surface area contributed by atoms with Crippen molar-refractivity contribution in [3.63, 3.8) is 0 Å². The molecular formula is C19H23N5. The molecule has 0 radical (unpaired) electrons. The van der Waals surface area contributed by atoms with Gasteiger partial charge >= 0.3 is 0 Å². The monoisotopic (exact) mass is 321 g/mol. The molecule has 24 heavy (non-hydrogen) atoms. The normalized spacial score (nSPS) is 16.8. The Morgan fingerprint density at radius 2 is 1.96 bits per heavy atom. The lowest BCUT2D eigenvalue weighted by molar-refractivity contribution is 0.505. The van der Waals surface area contributed by atoms with Gasteiger partial charge in [0.15, 0.2) is 0 Å². The average Bonchev–Trinajstić information content (AvgIpc) is 2.54. The number of benzene rings is 1. The Balaban J connectivity index is 2.10. The van der Waals surface area contributed by atoms with Crippen molar-refractivity contribution in [1.82, 2.24) is 9.97 Å². The van der Waals surface area contributed by atoms with E-state index in [1.165, 1.54) is 0 Å². The molecule has 1 aromatic carbocycles. The van der Waals surface area contributed by atoms with Gasteiger partial charge in [-0.3, -0.25) is 4.99 Å². The summed E-state index contributed by atoms with van der Waals surface area (Å²) in [6.45, 7) is 6.31. The van der Waals surface area contributed by atoms with Crippen molar-refractivity contribution in [2.24, 2.45) is 10.7 Å². The minimum absolute atomic E-state index is 0.0950. The van der Waals surface area contributed by atoms with E-state index in [0.717, 1.165) is 40.3 Å². The van der Waals surface area contributed by atoms with Crippen LogP contribution in [0, 0.1) is 0 Å². The first-order chi connectivity index (χ1) is 11.4. The second-order valence-corrected chi connectivity index (χ2v) is 6.72. The van der Waals surface area contributed by atoms with E-state index in [1.54, 1.807) is 7.05 Å². The van der Waals surface area contributed by atoms with Crippen molar-refractivity contribution >= 4 is 22.9 Å². The minimum atomic E-state index is -0.0950. The Kier molecular flexibility index (Phi) is 4.09. The highest BCUT2D eigenvalue weighted by Crippen LogP contribution is 2.40. The van der Waals surface area contributed by atoms with Crippen LogP contribution in [0.3, 0.4) is 0 Å². The van der Waals surface area contributed by atoms with Gasteiger partial charge in [-0.05, 0) is 30.9 Å². The number of aliphatic imine (C=N–C) groups is 1. The van der Waals surface area contributed by atoms with Gasteiger partial charge in [0, 0.05) is 41.5 Å². The summed E-state index contributed by atoms with van der Waals surface area (Å²) in [5, 5.41) is 3.25. The topological polar surface area (TPSA) is 76.2 Å². The fourth-order valence-electron chi connectivity index (χ4n) is 3.11. The second-order valence-electron chi connectivity index (χ2n) is 6.72. The SMILES string of the molecule is CN=C(C)C1=C(N)CC(C)(C)c2cnc(Nc3ccccc3)nc21. The first kappa shape index (κ1) is 16.2. The molecule has 0 atom stereocenters. The molecule has 0 fully saturated rings. The number of anilines is 2. The van der Waals surface area contributed by atoms with Crippen LogP contribution in [0.5, 0.6) is 0 Å². The van der Waals surface area contributed by atoms with E-state index >= 15 is 0 Å². The van der Waals surface area contributed by atoms with E-state index in [4.69, 9.17) is 10.7 Å². The Morgan fingerprint density at radius 3 is 2.62 bits per heavy atom. The molecule has 0 bridgehead atoms. The fraction of sp³-hybridized carbons (Fsp3) is 0.316. The predicted molar refractivity (Wildman–Crippen MR) is 99.5 cm³/mol. The zero-order valence-electron chi connectivity index (χ0n) is 14.6. The van der Waals surface area contributed by atoms with Crippen LogP contribution in [0.1, 0.15) is 38.4 Å². The predicted octanol–water partition coefficient (Wildman–Crippen LogP) is 3.66. The summed E-state index contributed by atoms with van der Waals surface area (Å²) in [5.74, 6) is 0.562. The van der Waals surface area contributed by atoms with Crippen LogP contribution in [0.4, 0.5) is 11.6 Å². The highest BCUT2D eigenvalue weighted by atomic mass is 15.1. The number of fused-ring (bicyclic) bond motifs is 1. The molecule has 3 rings (SSSR count). The van der Waals surface area contributed by atoms with Crippen molar-refractivity contribution in [1.29, 1.82) is 0 Å². The van der Waals surface area contributed by atoms with Gasteiger partial charge in [-0.15, -0.1) is 0 Å². The van der Waals surface area contributed by atoms with Crippen LogP contribution in [0.25, 0.3) is 5.57 Å². The lowest BCUT2D eigenvalue weighted by atomic mass is 9.74. The van der Waals surface area contributed by atoms with Gasteiger partial charge in [-0.2, -0.15) is 0 Å². The summed E-state index contributed by atoms with van der Waals surface area (Å²) in [6.07, 6.45) is 2.68. The minimum Gasteiger partial charge on any atom is -0.401 e. The summed E-state index contributed by atoms with van der Waals surface area (Å²) < 4.78 is 0. The van der Waals surface area contributed by atoms with Crippen LogP contribution >= 0.6 is 0 Å². The molecule has 5 nitrogen and oxygen atoms in total. The number of hydrogen-bond acceptors (Lipinski definition) is 5. The molecular weight excluding hydrogens is 298 g/mol. The van der Waals surface area contributed by atoms with Gasteiger partial charge in [0.05, 0.1) is 5.69 Å². The average molecular weight is 321 g/mol. The molecule has 1 aliphatic rings. The van der Waals surface area contributed by atoms with Crippen LogP contribution in [-0.4, -0.2) is 22.7 Å². The molecule has 0 aliphatic heterocycles. The molecule has 1 aliphatic carbocycles. The Labute approximate surface area is 142 Å². The molecule has 0 saturated heterocycles. The van der Waals surface area contributed by atoms with Gasteiger partial charge in [-0.1, -0.05) is 32.0 Å². The van der Waals surface area contributed by atoms with E-state index in [-0.39, 0.29) is 5.41 Å². The summed E-state index contributed by atoms with van der Waals surface area (Å²) in [7, 11) is 1.78. The van der Waals surface area contributed by atoms with Crippen molar-refractivity contribution < 1.29 is 0 Å². The van der Waals surface area contributed by atoms with E-state index in [0.29, 0.717) is 5.95 Å². The molecule has 3 N–H and O–H groups in total. The Morgan fingerprint density at radius 1 is 1.25 bits per heavy atom. The molecule has 5 heteroatoms. The van der Waals surface area contributed by atoms with Crippen molar-refractivity contribution in [2.75, 3.05) is 12.4 Å². The lowest BCUT2D eigenvalue weighted by Gasteiger charge is -2.33. The van der Waals surface area contributed by atoms with Crippen LogP contribution in [-0.2, 0) is 5.41 Å². The zero-order chi connectivity index (χ0) is 17.3. The molecule has 0 amide bonds. The van der Waals surface area contributed by atoms with Gasteiger partial charge in [0.2, 0.25) is 5.95 Å². The second kappa shape index (κ2) is 6.07. The van der Waals surface area contributed by atoms with Gasteiger partial charge < -0.3 is 11.1 Å². The largest absolute Gasteiger partial charge is 0.401 e. The van der Waals surface area contributed by atoms with Gasteiger partial charge in [0.1, 0.15) is 0 Å². The number of nitrogens with two attached hydrogens (primary N) is 1. The van der Waals surface area contributed by atoms with E-state index in [1.807, 2.05) is 43.5 Å². The van der Waals surface area contributed by atoms with Crippen molar-refractivity contribution in [3.05, 3.63) is 53.5 Å². The third-order valence-electron chi connectivity index (χ3n) is 4.44. The number of nitrogens with zero attached hydrogens (tertiary/aromatic N) is 3. The summed E-state index contributed by atoms with van der Waals surface area (Å²) in [4.78, 5) is 13.6. The Bertz CT molecular complexity index is 819. The number of allylic oxidation sites excluding steroid dienone is 2. The summed E-state index contributed by atoms with van der Waals surface area (Å²) >= 11 is 0. The number of rotatable bonds is 3. The number of para-hydroxylation sites is 1. The quantitative estimate of drug-likeness (QED) is 0.846. The number of hydrogen-bond donors (Lipinski definition) is 2. The first-order valence-corrected chi connectivity index (χ1v) is 8.04. The third kappa shape index (κ3) is 2.89. The van der Waals surface area contributed by atoms with Gasteiger partial charge in [0.25, 0.3) is 0 Å². The first-order valence-electron chi connectivity index (χ1n) is 8.04. The van der Waals surface area contributed by atoms with Gasteiger partial charge in [-0.25, -0.2) is 9.97 Å². The summed E-state index contributed by atoms with van der Waals surface area (Å²) in [5.41, 5.74) is 11.9. The summed E-state index contributed by atoms with van der Waals surface area (Å²) in [6, 6.07) is 9.89. The van der Waals surface area contributed by atoms with Crippen LogP contribution < -0.4 is 11.1 Å². The molecule has 0 unspecified atom stereocenters. The smallest absolute Gasteiger partial charge is 0.227 e.